The summed E-state index contributed by atoms with van der Waals surface area (Å²) in [5, 5.41) is 11.4. The van der Waals surface area contributed by atoms with Crippen LogP contribution in [0, 0.1) is 16.7 Å². The molecule has 2 bridgehead atoms. The maximum atomic E-state index is 12.8. The summed E-state index contributed by atoms with van der Waals surface area (Å²) >= 11 is 0. The predicted octanol–water partition coefficient (Wildman–Crippen LogP) is 2.46. The van der Waals surface area contributed by atoms with Crippen LogP contribution < -0.4 is 10.0 Å². The number of alkyl carbamates (subject to hydrolysis) is 1. The molecule has 3 rings (SSSR count). The van der Waals surface area contributed by atoms with Gasteiger partial charge in [0, 0.05) is 0 Å². The van der Waals surface area contributed by atoms with Gasteiger partial charge in [0.25, 0.3) is 0 Å². The molecule has 0 saturated heterocycles. The van der Waals surface area contributed by atoms with Gasteiger partial charge in [-0.15, -0.1) is 0 Å². The lowest BCUT2D eigenvalue weighted by Gasteiger charge is -2.37. The first-order valence-corrected chi connectivity index (χ1v) is 12.8. The zero-order valence-electron chi connectivity index (χ0n) is 19.0. The van der Waals surface area contributed by atoms with E-state index in [2.05, 4.69) is 23.9 Å². The lowest BCUT2D eigenvalue weighted by atomic mass is 9.71. The molecule has 33 heavy (non-hydrogen) atoms. The predicted molar refractivity (Wildman–Crippen MR) is 121 cm³/mol. The van der Waals surface area contributed by atoms with E-state index in [0.717, 1.165) is 31.2 Å². The molecule has 2 saturated carbocycles. The molecule has 2 aliphatic carbocycles. The van der Waals surface area contributed by atoms with Gasteiger partial charge >= 0.3 is 12.1 Å². The second-order valence-electron chi connectivity index (χ2n) is 9.68. The second-order valence-corrected chi connectivity index (χ2v) is 11.5. The smallest absolute Gasteiger partial charge is 0.408 e. The van der Waals surface area contributed by atoms with Gasteiger partial charge in [-0.1, -0.05) is 44.2 Å². The molecule has 0 unspecified atom stereocenters. The van der Waals surface area contributed by atoms with Crippen molar-refractivity contribution in [2.45, 2.75) is 58.6 Å². The lowest BCUT2D eigenvalue weighted by Crippen LogP contribution is -2.48. The third-order valence-electron chi connectivity index (χ3n) is 7.54. The van der Waals surface area contributed by atoms with Gasteiger partial charge in [-0.05, 0) is 48.0 Å². The highest BCUT2D eigenvalue weighted by atomic mass is 32.2. The van der Waals surface area contributed by atoms with Crippen molar-refractivity contribution >= 4 is 27.9 Å². The Balaban J connectivity index is 1.55. The van der Waals surface area contributed by atoms with E-state index in [9.17, 15) is 22.8 Å². The van der Waals surface area contributed by atoms with Crippen LogP contribution >= 0.6 is 0 Å². The molecule has 0 heterocycles. The van der Waals surface area contributed by atoms with Gasteiger partial charge in [0.15, 0.2) is 5.78 Å². The number of hydrogen-bond acceptors (Lipinski definition) is 6. The fraction of sp³-hybridized carbons (Fsp3) is 0.609. The van der Waals surface area contributed by atoms with Crippen LogP contribution in [0.5, 0.6) is 0 Å². The van der Waals surface area contributed by atoms with Crippen LogP contribution in [-0.2, 0) is 31.0 Å². The number of ketones is 1. The maximum Gasteiger partial charge on any atom is 0.408 e. The summed E-state index contributed by atoms with van der Waals surface area (Å²) in [7, 11) is -3.77. The summed E-state index contributed by atoms with van der Waals surface area (Å²) in [5.41, 5.74) is 0.332. The van der Waals surface area contributed by atoms with E-state index < -0.39 is 46.9 Å². The van der Waals surface area contributed by atoms with Crippen LogP contribution in [0.2, 0.25) is 0 Å². The molecule has 0 aromatic heterocycles. The van der Waals surface area contributed by atoms with E-state index in [1.165, 1.54) is 0 Å². The molecule has 1 atom stereocenters. The molecule has 2 aliphatic rings. The van der Waals surface area contributed by atoms with Crippen molar-refractivity contribution in [1.82, 2.24) is 10.0 Å². The fourth-order valence-electron chi connectivity index (χ4n) is 5.35. The molecule has 1 amide bonds. The van der Waals surface area contributed by atoms with Gasteiger partial charge in [0.05, 0.1) is 18.7 Å². The Labute approximate surface area is 194 Å². The lowest BCUT2D eigenvalue weighted by molar-refractivity contribution is -0.139. The standard InChI is InChI=1S/C23H32N2O7S/c1-22(2)17-8-10-23(22,11-9-17)15-33(30,31)24-13-19(26)18(12-20(27)28)25-21(29)32-14-16-6-4-3-5-7-16/h3-7,17-18,24H,8-15H2,1-2H3,(H,25,29)(H,27,28)/t17?,18-,23?/m1/s1. The maximum absolute atomic E-state index is 12.8. The van der Waals surface area contributed by atoms with Crippen molar-refractivity contribution in [3.05, 3.63) is 35.9 Å². The van der Waals surface area contributed by atoms with Crippen molar-refractivity contribution in [3.8, 4) is 0 Å². The summed E-state index contributed by atoms with van der Waals surface area (Å²) in [6.45, 7) is 3.59. The Kier molecular flexibility index (Phi) is 7.48. The summed E-state index contributed by atoms with van der Waals surface area (Å²) in [4.78, 5) is 35.9. The van der Waals surface area contributed by atoms with Gasteiger partial charge in [-0.3, -0.25) is 9.59 Å². The van der Waals surface area contributed by atoms with Gasteiger partial charge in [0.2, 0.25) is 10.0 Å². The number of hydrogen-bond donors (Lipinski definition) is 3. The van der Waals surface area contributed by atoms with Crippen LogP contribution in [0.15, 0.2) is 30.3 Å². The number of carbonyl (C=O) groups excluding carboxylic acids is 2. The topological polar surface area (TPSA) is 139 Å². The van der Waals surface area contributed by atoms with E-state index in [1.54, 1.807) is 24.3 Å². The number of ether oxygens (including phenoxy) is 1. The van der Waals surface area contributed by atoms with Crippen LogP contribution in [0.4, 0.5) is 4.79 Å². The summed E-state index contributed by atoms with van der Waals surface area (Å²) < 4.78 is 33.0. The molecule has 2 fully saturated rings. The minimum Gasteiger partial charge on any atom is -0.481 e. The van der Waals surface area contributed by atoms with Crippen LogP contribution in [-0.4, -0.2) is 49.7 Å². The minimum absolute atomic E-state index is 0.0495. The molecule has 3 N–H and O–H groups in total. The molecular formula is C23H32N2O7S. The third kappa shape index (κ3) is 5.92. The summed E-state index contributed by atoms with van der Waals surface area (Å²) in [5.74, 6) is -1.60. The Bertz CT molecular complexity index is 983. The zero-order chi connectivity index (χ0) is 24.3. The molecule has 9 nitrogen and oxygen atoms in total. The average molecular weight is 481 g/mol. The van der Waals surface area contributed by atoms with Gasteiger partial charge in [-0.2, -0.15) is 0 Å². The van der Waals surface area contributed by atoms with Crippen LogP contribution in [0.1, 0.15) is 51.5 Å². The molecule has 0 aliphatic heterocycles. The van der Waals surface area contributed by atoms with Gasteiger partial charge in [0.1, 0.15) is 12.6 Å². The number of carbonyl (C=O) groups is 3. The van der Waals surface area contributed by atoms with E-state index >= 15 is 0 Å². The number of Topliss-reactive ketones (excluding diaryl/α,β-unsaturated/α-hetero) is 1. The van der Waals surface area contributed by atoms with Crippen molar-refractivity contribution in [1.29, 1.82) is 0 Å². The number of nitrogens with one attached hydrogen (secondary N) is 2. The minimum atomic E-state index is -3.77. The van der Waals surface area contributed by atoms with Crippen molar-refractivity contribution in [3.63, 3.8) is 0 Å². The third-order valence-corrected chi connectivity index (χ3v) is 9.05. The molecule has 0 radical (unpaired) electrons. The quantitative estimate of drug-likeness (QED) is 0.442. The highest BCUT2D eigenvalue weighted by Gasteiger charge is 2.60. The van der Waals surface area contributed by atoms with Gasteiger partial charge in [-0.25, -0.2) is 17.9 Å². The van der Waals surface area contributed by atoms with E-state index in [1.807, 2.05) is 6.07 Å². The Hall–Kier alpha value is -2.46. The first-order valence-electron chi connectivity index (χ1n) is 11.1. The van der Waals surface area contributed by atoms with Gasteiger partial charge < -0.3 is 15.2 Å². The number of amides is 1. The second kappa shape index (κ2) is 9.80. The number of rotatable bonds is 11. The zero-order valence-corrected chi connectivity index (χ0v) is 19.8. The molecular weight excluding hydrogens is 448 g/mol. The molecule has 10 heteroatoms. The highest BCUT2D eigenvalue weighted by molar-refractivity contribution is 7.89. The summed E-state index contributed by atoms with van der Waals surface area (Å²) in [6.07, 6.45) is 2.07. The first-order chi connectivity index (χ1) is 15.4. The average Bonchev–Trinajstić information content (AvgIpc) is 3.13. The monoisotopic (exact) mass is 480 g/mol. The number of benzene rings is 1. The molecule has 182 valence electrons. The van der Waals surface area contributed by atoms with Crippen LogP contribution in [0.25, 0.3) is 0 Å². The van der Waals surface area contributed by atoms with E-state index in [4.69, 9.17) is 9.84 Å². The number of sulfonamides is 1. The fourth-order valence-corrected chi connectivity index (χ4v) is 7.20. The SMILES string of the molecule is CC1(C)C2CCC1(CS(=O)(=O)NCC(=O)[C@@H](CC(=O)O)NC(=O)OCc1ccccc1)CC2. The van der Waals surface area contributed by atoms with Crippen LogP contribution in [0.3, 0.4) is 0 Å². The Morgan fingerprint density at radius 1 is 1.15 bits per heavy atom. The molecule has 1 aromatic carbocycles. The van der Waals surface area contributed by atoms with Crippen molar-refractivity contribution < 1.29 is 32.6 Å². The Morgan fingerprint density at radius 2 is 1.79 bits per heavy atom. The van der Waals surface area contributed by atoms with E-state index in [0.29, 0.717) is 5.92 Å². The van der Waals surface area contributed by atoms with Crippen molar-refractivity contribution in [2.24, 2.45) is 16.7 Å². The number of carboxylic acid groups (broad SMARTS) is 1. The number of aliphatic carboxylic acids is 1. The van der Waals surface area contributed by atoms with Crippen molar-refractivity contribution in [2.75, 3.05) is 12.3 Å². The number of carboxylic acids is 1. The molecule has 0 spiro atoms. The number of fused-ring (bicyclic) bond motifs is 2. The highest BCUT2D eigenvalue weighted by Crippen LogP contribution is 2.66. The normalized spacial score (nSPS) is 24.2. The Morgan fingerprint density at radius 3 is 2.33 bits per heavy atom. The molecule has 1 aromatic rings. The first kappa shape index (κ1) is 25.2. The largest absolute Gasteiger partial charge is 0.481 e. The van der Waals surface area contributed by atoms with E-state index in [-0.39, 0.29) is 23.2 Å². The summed E-state index contributed by atoms with van der Waals surface area (Å²) in [6, 6.07) is 7.45.